The number of phenolic OH excluding ortho intramolecular Hbond substituents is 1. The number of rotatable bonds is 5. The highest BCUT2D eigenvalue weighted by molar-refractivity contribution is 5.85. The molecule has 0 aromatic heterocycles. The molecule has 0 spiro atoms. The number of aromatic hydroxyl groups is 1. The number of nitrogens with zero attached hydrogens (tertiary/aromatic N) is 1. The van der Waals surface area contributed by atoms with E-state index < -0.39 is 0 Å². The second-order valence-electron chi connectivity index (χ2n) is 4.74. The van der Waals surface area contributed by atoms with E-state index in [-0.39, 0.29) is 30.8 Å². The van der Waals surface area contributed by atoms with Crippen LogP contribution < -0.4 is 10.1 Å². The van der Waals surface area contributed by atoms with Crippen LogP contribution in [0.3, 0.4) is 0 Å². The number of hydrogen-bond acceptors (Lipinski definition) is 5. The Morgan fingerprint density at radius 3 is 2.65 bits per heavy atom. The Hall–Kier alpha value is -1.01. The van der Waals surface area contributed by atoms with Crippen molar-refractivity contribution in [2.45, 2.75) is 12.5 Å². The van der Waals surface area contributed by atoms with Crippen LogP contribution in [-0.4, -0.2) is 55.0 Å². The van der Waals surface area contributed by atoms with Gasteiger partial charge in [0.05, 0.1) is 7.11 Å². The van der Waals surface area contributed by atoms with Crippen molar-refractivity contribution in [3.8, 4) is 11.5 Å². The molecule has 6 heteroatoms. The number of phenols is 1. The van der Waals surface area contributed by atoms with Gasteiger partial charge in [-0.2, -0.15) is 0 Å². The number of benzene rings is 1. The second-order valence-corrected chi connectivity index (χ2v) is 4.74. The maximum absolute atomic E-state index is 9.54. The third kappa shape index (κ3) is 3.99. The number of nitrogens with one attached hydrogen (secondary N) is 1. The van der Waals surface area contributed by atoms with E-state index in [1.54, 1.807) is 19.2 Å². The maximum atomic E-state index is 9.54. The number of piperazine rings is 1. The minimum absolute atomic E-state index is 0. The SMILES string of the molecule is COc1cc(O)ccc1[C@@H](CCO)N1CCNCC1.Cl. The molecule has 0 saturated carbocycles. The number of ether oxygens (including phenoxy) is 1. The molecule has 0 radical (unpaired) electrons. The molecule has 1 aromatic carbocycles. The summed E-state index contributed by atoms with van der Waals surface area (Å²) in [7, 11) is 1.60. The summed E-state index contributed by atoms with van der Waals surface area (Å²) < 4.78 is 5.36. The summed E-state index contributed by atoms with van der Waals surface area (Å²) in [5, 5.41) is 22.2. The van der Waals surface area contributed by atoms with E-state index in [1.165, 1.54) is 0 Å². The Morgan fingerprint density at radius 1 is 1.35 bits per heavy atom. The molecule has 114 valence electrons. The lowest BCUT2D eigenvalue weighted by Gasteiger charge is -2.35. The lowest BCUT2D eigenvalue weighted by Crippen LogP contribution is -2.45. The molecule has 3 N–H and O–H groups in total. The first-order valence-corrected chi connectivity index (χ1v) is 6.68. The summed E-state index contributed by atoms with van der Waals surface area (Å²) in [4.78, 5) is 2.35. The molecular weight excluding hydrogens is 280 g/mol. The van der Waals surface area contributed by atoms with Gasteiger partial charge in [0.25, 0.3) is 0 Å². The number of aliphatic hydroxyl groups is 1. The van der Waals surface area contributed by atoms with Crippen molar-refractivity contribution in [2.24, 2.45) is 0 Å². The monoisotopic (exact) mass is 302 g/mol. The minimum Gasteiger partial charge on any atom is -0.508 e. The summed E-state index contributed by atoms with van der Waals surface area (Å²) >= 11 is 0. The molecule has 0 unspecified atom stereocenters. The van der Waals surface area contributed by atoms with Gasteiger partial charge >= 0.3 is 0 Å². The van der Waals surface area contributed by atoms with Gasteiger partial charge in [-0.15, -0.1) is 12.4 Å². The van der Waals surface area contributed by atoms with Crippen molar-refractivity contribution in [1.82, 2.24) is 10.2 Å². The molecule has 1 aliphatic heterocycles. The quantitative estimate of drug-likeness (QED) is 0.761. The van der Waals surface area contributed by atoms with Crippen LogP contribution in [0.2, 0.25) is 0 Å². The molecule has 0 bridgehead atoms. The molecule has 0 aliphatic carbocycles. The molecular formula is C14H23ClN2O3. The predicted octanol–water partition coefficient (Wildman–Crippen LogP) is 1.15. The number of hydrogen-bond donors (Lipinski definition) is 3. The van der Waals surface area contributed by atoms with Crippen LogP contribution in [0, 0.1) is 0 Å². The Balaban J connectivity index is 0.00000200. The average Bonchev–Trinajstić information content (AvgIpc) is 2.46. The summed E-state index contributed by atoms with van der Waals surface area (Å²) in [5.41, 5.74) is 1.02. The summed E-state index contributed by atoms with van der Waals surface area (Å²) in [5.74, 6) is 0.876. The van der Waals surface area contributed by atoms with Gasteiger partial charge in [-0.05, 0) is 12.5 Å². The van der Waals surface area contributed by atoms with Crippen molar-refractivity contribution in [1.29, 1.82) is 0 Å². The minimum atomic E-state index is 0. The van der Waals surface area contributed by atoms with Gasteiger partial charge in [-0.25, -0.2) is 0 Å². The number of aliphatic hydroxyl groups excluding tert-OH is 1. The van der Waals surface area contributed by atoms with Crippen LogP contribution >= 0.6 is 12.4 Å². The molecule has 20 heavy (non-hydrogen) atoms. The van der Waals surface area contributed by atoms with Gasteiger partial charge in [0.2, 0.25) is 0 Å². The highest BCUT2D eigenvalue weighted by Gasteiger charge is 2.24. The Labute approximate surface area is 126 Å². The zero-order valence-electron chi connectivity index (χ0n) is 11.7. The normalized spacial score (nSPS) is 17.3. The first kappa shape index (κ1) is 17.0. The largest absolute Gasteiger partial charge is 0.508 e. The van der Waals surface area contributed by atoms with E-state index >= 15 is 0 Å². The average molecular weight is 303 g/mol. The van der Waals surface area contributed by atoms with Crippen molar-refractivity contribution in [3.05, 3.63) is 23.8 Å². The van der Waals surface area contributed by atoms with Crippen LogP contribution in [-0.2, 0) is 0 Å². The zero-order valence-corrected chi connectivity index (χ0v) is 12.5. The first-order chi connectivity index (χ1) is 9.26. The molecule has 0 amide bonds. The van der Waals surface area contributed by atoms with Gasteiger partial charge in [0.15, 0.2) is 0 Å². The van der Waals surface area contributed by atoms with Crippen LogP contribution in [0.15, 0.2) is 18.2 Å². The zero-order chi connectivity index (χ0) is 13.7. The molecule has 5 nitrogen and oxygen atoms in total. The molecule has 1 saturated heterocycles. The van der Waals surface area contributed by atoms with Crippen LogP contribution in [0.4, 0.5) is 0 Å². The fourth-order valence-corrected chi connectivity index (χ4v) is 2.63. The van der Waals surface area contributed by atoms with E-state index in [2.05, 4.69) is 10.2 Å². The van der Waals surface area contributed by atoms with E-state index in [9.17, 15) is 10.2 Å². The van der Waals surface area contributed by atoms with Crippen LogP contribution in [0.1, 0.15) is 18.0 Å². The smallest absolute Gasteiger partial charge is 0.127 e. The standard InChI is InChI=1S/C14H22N2O3.ClH/c1-19-14-10-11(18)2-3-12(14)13(4-9-17)16-7-5-15-6-8-16;/h2-3,10,13,15,17-18H,4-9H2,1H3;1H/t13-;/m1./s1. The van der Waals surface area contributed by atoms with Gasteiger partial charge in [-0.1, -0.05) is 6.07 Å². The fourth-order valence-electron chi connectivity index (χ4n) is 2.63. The molecule has 1 aromatic rings. The van der Waals surface area contributed by atoms with E-state index in [0.717, 1.165) is 31.7 Å². The van der Waals surface area contributed by atoms with Crippen molar-refractivity contribution in [2.75, 3.05) is 39.9 Å². The molecule has 1 atom stereocenters. The second kappa shape index (κ2) is 8.32. The Kier molecular flexibility index (Phi) is 7.09. The van der Waals surface area contributed by atoms with Gasteiger partial charge in [-0.3, -0.25) is 4.90 Å². The van der Waals surface area contributed by atoms with E-state index in [1.807, 2.05) is 6.07 Å². The molecule has 1 heterocycles. The molecule has 1 fully saturated rings. The summed E-state index contributed by atoms with van der Waals surface area (Å²) in [6, 6.07) is 5.31. The number of methoxy groups -OCH3 is 1. The predicted molar refractivity (Wildman–Crippen MR) is 80.8 cm³/mol. The van der Waals surface area contributed by atoms with Crippen molar-refractivity contribution < 1.29 is 14.9 Å². The Morgan fingerprint density at radius 2 is 2.05 bits per heavy atom. The topological polar surface area (TPSA) is 65.0 Å². The lowest BCUT2D eigenvalue weighted by molar-refractivity contribution is 0.139. The third-order valence-corrected chi connectivity index (χ3v) is 3.57. The summed E-state index contributed by atoms with van der Waals surface area (Å²) in [6.45, 7) is 3.96. The molecule has 2 rings (SSSR count). The summed E-state index contributed by atoms with van der Waals surface area (Å²) in [6.07, 6.45) is 0.668. The third-order valence-electron chi connectivity index (χ3n) is 3.57. The first-order valence-electron chi connectivity index (χ1n) is 6.68. The van der Waals surface area contributed by atoms with Gasteiger partial charge in [0, 0.05) is 50.5 Å². The maximum Gasteiger partial charge on any atom is 0.127 e. The van der Waals surface area contributed by atoms with Gasteiger partial charge < -0.3 is 20.3 Å². The van der Waals surface area contributed by atoms with Crippen molar-refractivity contribution >= 4 is 12.4 Å². The van der Waals surface area contributed by atoms with Crippen LogP contribution in [0.5, 0.6) is 11.5 Å². The van der Waals surface area contributed by atoms with Gasteiger partial charge in [0.1, 0.15) is 11.5 Å². The fraction of sp³-hybridized carbons (Fsp3) is 0.571. The van der Waals surface area contributed by atoms with E-state index in [4.69, 9.17) is 4.74 Å². The van der Waals surface area contributed by atoms with Crippen molar-refractivity contribution in [3.63, 3.8) is 0 Å². The van der Waals surface area contributed by atoms with E-state index in [0.29, 0.717) is 12.2 Å². The molecule has 1 aliphatic rings. The highest BCUT2D eigenvalue weighted by Crippen LogP contribution is 2.34. The van der Waals surface area contributed by atoms with Crippen LogP contribution in [0.25, 0.3) is 0 Å². The highest BCUT2D eigenvalue weighted by atomic mass is 35.5. The Bertz CT molecular complexity index is 411. The lowest BCUT2D eigenvalue weighted by atomic mass is 10.00. The number of halogens is 1.